The molecule has 3 nitrogen and oxygen atoms in total. The number of aliphatic hydroxyl groups is 2. The van der Waals surface area contributed by atoms with Gasteiger partial charge in [0.2, 0.25) is 0 Å². The molecular weight excluding hydrogens is 228 g/mol. The first-order chi connectivity index (χ1) is 8.83. The minimum Gasteiger partial charge on any atom is -0.394 e. The van der Waals surface area contributed by atoms with Crippen LogP contribution in [0.25, 0.3) is 0 Å². The van der Waals surface area contributed by atoms with Crippen molar-refractivity contribution in [3.8, 4) is 0 Å². The number of aryl methyl sites for hydroxylation is 1. The van der Waals surface area contributed by atoms with Gasteiger partial charge in [0, 0.05) is 0 Å². The van der Waals surface area contributed by atoms with Gasteiger partial charge in [-0.3, -0.25) is 0 Å². The second-order valence-corrected chi connectivity index (χ2v) is 4.54. The molecule has 1 unspecified atom stereocenters. The van der Waals surface area contributed by atoms with Crippen LogP contribution in [0.3, 0.4) is 0 Å². The molecule has 1 rings (SSSR count). The van der Waals surface area contributed by atoms with Gasteiger partial charge in [-0.1, -0.05) is 43.2 Å². The molecule has 1 aromatic rings. The number of ether oxygens (including phenoxy) is 1. The Balaban J connectivity index is 1.95. The Hall–Kier alpha value is -0.900. The van der Waals surface area contributed by atoms with E-state index in [9.17, 15) is 5.11 Å². The molecule has 0 amide bonds. The topological polar surface area (TPSA) is 49.7 Å². The first-order valence-corrected chi connectivity index (χ1v) is 6.73. The Labute approximate surface area is 109 Å². The fraction of sp³-hybridized carbons (Fsp3) is 0.600. The third kappa shape index (κ3) is 7.43. The lowest BCUT2D eigenvalue weighted by Gasteiger charge is -2.10. The van der Waals surface area contributed by atoms with E-state index in [0.717, 1.165) is 32.1 Å². The number of benzene rings is 1. The van der Waals surface area contributed by atoms with Crippen molar-refractivity contribution in [3.63, 3.8) is 0 Å². The summed E-state index contributed by atoms with van der Waals surface area (Å²) in [6.07, 6.45) is 4.81. The molecule has 0 saturated carbocycles. The van der Waals surface area contributed by atoms with E-state index in [1.165, 1.54) is 5.56 Å². The maximum atomic E-state index is 9.59. The predicted octanol–water partition coefficient (Wildman–Crippen LogP) is 2.16. The highest BCUT2D eigenvalue weighted by Gasteiger charge is 2.03. The Morgan fingerprint density at radius 3 is 2.56 bits per heavy atom. The van der Waals surface area contributed by atoms with Gasteiger partial charge in [0.25, 0.3) is 0 Å². The molecule has 1 aromatic carbocycles. The van der Waals surface area contributed by atoms with E-state index < -0.39 is 6.10 Å². The zero-order chi connectivity index (χ0) is 13.1. The average molecular weight is 252 g/mol. The van der Waals surface area contributed by atoms with Crippen molar-refractivity contribution in [2.24, 2.45) is 0 Å². The fourth-order valence-corrected chi connectivity index (χ4v) is 1.90. The van der Waals surface area contributed by atoms with Crippen molar-refractivity contribution < 1.29 is 14.9 Å². The summed E-state index contributed by atoms with van der Waals surface area (Å²) >= 11 is 0. The smallest absolute Gasteiger partial charge is 0.0773 e. The molecule has 0 fully saturated rings. The van der Waals surface area contributed by atoms with Crippen molar-refractivity contribution in [1.82, 2.24) is 0 Å². The summed E-state index contributed by atoms with van der Waals surface area (Å²) in [7, 11) is 0. The second-order valence-electron chi connectivity index (χ2n) is 4.54. The Bertz CT molecular complexity index is 287. The molecule has 0 aliphatic rings. The van der Waals surface area contributed by atoms with Gasteiger partial charge in [-0.15, -0.1) is 0 Å². The fourth-order valence-electron chi connectivity index (χ4n) is 1.90. The molecule has 0 aliphatic heterocycles. The van der Waals surface area contributed by atoms with Crippen LogP contribution < -0.4 is 0 Å². The van der Waals surface area contributed by atoms with Crippen molar-refractivity contribution in [2.75, 3.05) is 19.8 Å². The molecule has 102 valence electrons. The van der Waals surface area contributed by atoms with Gasteiger partial charge in [0.1, 0.15) is 0 Å². The lowest BCUT2D eigenvalue weighted by atomic mass is 10.1. The van der Waals surface area contributed by atoms with E-state index >= 15 is 0 Å². The van der Waals surface area contributed by atoms with Gasteiger partial charge in [0.15, 0.2) is 0 Å². The van der Waals surface area contributed by atoms with Crippen LogP contribution in [0.5, 0.6) is 0 Å². The van der Waals surface area contributed by atoms with Crippen molar-refractivity contribution >= 4 is 0 Å². The van der Waals surface area contributed by atoms with Gasteiger partial charge in [-0.05, 0) is 24.8 Å². The van der Waals surface area contributed by atoms with E-state index in [1.54, 1.807) is 0 Å². The molecule has 18 heavy (non-hydrogen) atoms. The van der Waals surface area contributed by atoms with Crippen LogP contribution in [-0.4, -0.2) is 36.1 Å². The maximum absolute atomic E-state index is 9.59. The largest absolute Gasteiger partial charge is 0.394 e. The first kappa shape index (κ1) is 15.2. The summed E-state index contributed by atoms with van der Waals surface area (Å²) in [5.41, 5.74) is 1.38. The van der Waals surface area contributed by atoms with Crippen LogP contribution >= 0.6 is 0 Å². The number of rotatable bonds is 10. The summed E-state index contributed by atoms with van der Waals surface area (Å²) in [5, 5.41) is 18.1. The first-order valence-electron chi connectivity index (χ1n) is 6.73. The van der Waals surface area contributed by atoms with E-state index in [0.29, 0.717) is 13.2 Å². The molecule has 0 spiro atoms. The van der Waals surface area contributed by atoms with Crippen LogP contribution in [0.2, 0.25) is 0 Å². The molecule has 0 heterocycles. The predicted molar refractivity (Wildman–Crippen MR) is 72.5 cm³/mol. The Morgan fingerprint density at radius 1 is 1.06 bits per heavy atom. The highest BCUT2D eigenvalue weighted by Crippen LogP contribution is 2.09. The molecule has 3 heteroatoms. The van der Waals surface area contributed by atoms with Gasteiger partial charge in [-0.25, -0.2) is 0 Å². The standard InChI is InChI=1S/C15H24O3/c16-11-12-18-13-15(17)10-6-2-5-9-14-7-3-1-4-8-14/h1,3-4,7-8,15-17H,2,5-6,9-13H2. The molecule has 0 saturated heterocycles. The van der Waals surface area contributed by atoms with E-state index in [-0.39, 0.29) is 6.61 Å². The summed E-state index contributed by atoms with van der Waals surface area (Å²) in [4.78, 5) is 0. The van der Waals surface area contributed by atoms with Crippen LogP contribution in [0, 0.1) is 0 Å². The molecule has 0 aliphatic carbocycles. The highest BCUT2D eigenvalue weighted by atomic mass is 16.5. The van der Waals surface area contributed by atoms with Crippen LogP contribution in [-0.2, 0) is 11.2 Å². The Morgan fingerprint density at radius 2 is 1.83 bits per heavy atom. The molecular formula is C15H24O3. The second kappa shape index (κ2) is 10.1. The van der Waals surface area contributed by atoms with E-state index in [2.05, 4.69) is 24.3 Å². The summed E-state index contributed by atoms with van der Waals surface area (Å²) < 4.78 is 5.07. The lowest BCUT2D eigenvalue weighted by Crippen LogP contribution is -2.16. The van der Waals surface area contributed by atoms with Gasteiger partial charge >= 0.3 is 0 Å². The number of hydrogen-bond acceptors (Lipinski definition) is 3. The van der Waals surface area contributed by atoms with Crippen LogP contribution in [0.1, 0.15) is 31.2 Å². The van der Waals surface area contributed by atoms with Crippen LogP contribution in [0.15, 0.2) is 30.3 Å². The number of aliphatic hydroxyl groups excluding tert-OH is 2. The highest BCUT2D eigenvalue weighted by molar-refractivity contribution is 5.14. The van der Waals surface area contributed by atoms with Crippen molar-refractivity contribution in [1.29, 1.82) is 0 Å². The third-order valence-electron chi connectivity index (χ3n) is 2.89. The van der Waals surface area contributed by atoms with Gasteiger partial charge in [0.05, 0.1) is 25.9 Å². The monoisotopic (exact) mass is 252 g/mol. The maximum Gasteiger partial charge on any atom is 0.0773 e. The Kier molecular flexibility index (Phi) is 8.47. The number of unbranched alkanes of at least 4 members (excludes halogenated alkanes) is 2. The molecule has 0 radical (unpaired) electrons. The molecule has 0 aromatic heterocycles. The van der Waals surface area contributed by atoms with Gasteiger partial charge in [-0.2, -0.15) is 0 Å². The van der Waals surface area contributed by atoms with Crippen LogP contribution in [0.4, 0.5) is 0 Å². The average Bonchev–Trinajstić information content (AvgIpc) is 2.40. The normalized spacial score (nSPS) is 12.6. The molecule has 2 N–H and O–H groups in total. The van der Waals surface area contributed by atoms with Crippen molar-refractivity contribution in [3.05, 3.63) is 35.9 Å². The molecule has 1 atom stereocenters. The summed E-state index contributed by atoms with van der Waals surface area (Å²) in [6, 6.07) is 10.5. The quantitative estimate of drug-likeness (QED) is 0.627. The zero-order valence-corrected chi connectivity index (χ0v) is 10.9. The number of hydrogen-bond donors (Lipinski definition) is 2. The van der Waals surface area contributed by atoms with E-state index in [4.69, 9.17) is 9.84 Å². The zero-order valence-electron chi connectivity index (χ0n) is 10.9. The van der Waals surface area contributed by atoms with Crippen molar-refractivity contribution in [2.45, 2.75) is 38.2 Å². The summed E-state index contributed by atoms with van der Waals surface area (Å²) in [5.74, 6) is 0. The molecule has 0 bridgehead atoms. The van der Waals surface area contributed by atoms with E-state index in [1.807, 2.05) is 6.07 Å². The third-order valence-corrected chi connectivity index (χ3v) is 2.89. The lowest BCUT2D eigenvalue weighted by molar-refractivity contribution is 0.0170. The minimum absolute atomic E-state index is 0.0177. The summed E-state index contributed by atoms with van der Waals surface area (Å²) in [6.45, 7) is 0.661. The van der Waals surface area contributed by atoms with Gasteiger partial charge < -0.3 is 14.9 Å². The SMILES string of the molecule is OCCOCC(O)CCCCCc1ccccc1. The minimum atomic E-state index is -0.395.